The molecule has 3 aromatic heterocycles. The SMILES string of the molecule is CCCCC(CC)Cn1c(=O)c2ccc3c4ccccc4oc4c(C#Cc5ccc(N)cn5)cc(c1=O)c2c43. The van der Waals surface area contributed by atoms with Gasteiger partial charge in [0.05, 0.1) is 22.8 Å². The van der Waals surface area contributed by atoms with Crippen LogP contribution in [0.1, 0.15) is 50.8 Å². The lowest BCUT2D eigenvalue weighted by Crippen LogP contribution is -2.35. The van der Waals surface area contributed by atoms with Crippen LogP contribution in [0, 0.1) is 17.8 Å². The zero-order valence-electron chi connectivity index (χ0n) is 22.1. The quantitative estimate of drug-likeness (QED) is 0.156. The maximum absolute atomic E-state index is 14.0. The van der Waals surface area contributed by atoms with Gasteiger partial charge in [0.25, 0.3) is 11.1 Å². The smallest absolute Gasteiger partial charge is 0.261 e. The largest absolute Gasteiger partial charge is 0.455 e. The minimum Gasteiger partial charge on any atom is -0.455 e. The van der Waals surface area contributed by atoms with E-state index in [-0.39, 0.29) is 17.0 Å². The van der Waals surface area contributed by atoms with E-state index in [1.807, 2.05) is 36.4 Å². The first-order valence-electron chi connectivity index (χ1n) is 13.5. The highest BCUT2D eigenvalue weighted by Gasteiger charge is 2.22. The Labute approximate surface area is 225 Å². The van der Waals surface area contributed by atoms with Crippen LogP contribution in [0.3, 0.4) is 0 Å². The predicted octanol–water partition coefficient (Wildman–Crippen LogP) is 6.45. The maximum Gasteiger partial charge on any atom is 0.261 e. The zero-order valence-corrected chi connectivity index (χ0v) is 22.1. The van der Waals surface area contributed by atoms with Crippen LogP contribution in [0.4, 0.5) is 5.69 Å². The van der Waals surface area contributed by atoms with Crippen LogP contribution in [0.5, 0.6) is 0 Å². The van der Waals surface area contributed by atoms with Crippen LogP contribution in [-0.4, -0.2) is 9.55 Å². The first-order valence-corrected chi connectivity index (χ1v) is 13.5. The number of nitrogen functional groups attached to an aromatic ring is 1. The third-order valence-corrected chi connectivity index (χ3v) is 7.67. The summed E-state index contributed by atoms with van der Waals surface area (Å²) in [6, 6.07) is 16.9. The molecule has 6 heteroatoms. The molecule has 0 bridgehead atoms. The Balaban J connectivity index is 1.68. The molecule has 0 saturated carbocycles. The van der Waals surface area contributed by atoms with Gasteiger partial charge in [-0.15, -0.1) is 0 Å². The number of nitrogens with two attached hydrogens (primary N) is 1. The molecule has 0 saturated heterocycles. The van der Waals surface area contributed by atoms with Gasteiger partial charge < -0.3 is 10.2 Å². The number of rotatable bonds is 6. The summed E-state index contributed by atoms with van der Waals surface area (Å²) < 4.78 is 7.84. The zero-order chi connectivity index (χ0) is 27.1. The van der Waals surface area contributed by atoms with Gasteiger partial charge in [-0.3, -0.25) is 14.2 Å². The third kappa shape index (κ3) is 4.21. The highest BCUT2D eigenvalue weighted by Crippen LogP contribution is 2.38. The molecule has 6 rings (SSSR count). The van der Waals surface area contributed by atoms with E-state index < -0.39 is 0 Å². The van der Waals surface area contributed by atoms with Gasteiger partial charge in [-0.1, -0.05) is 63.3 Å². The fourth-order valence-corrected chi connectivity index (χ4v) is 5.53. The number of hydrogen-bond donors (Lipinski definition) is 1. The number of benzene rings is 3. The van der Waals surface area contributed by atoms with E-state index in [0.29, 0.717) is 50.8 Å². The fourth-order valence-electron chi connectivity index (χ4n) is 5.53. The second-order valence-electron chi connectivity index (χ2n) is 10.2. The number of anilines is 1. The summed E-state index contributed by atoms with van der Waals surface area (Å²) in [7, 11) is 0. The number of pyridine rings is 2. The van der Waals surface area contributed by atoms with Crippen molar-refractivity contribution in [2.24, 2.45) is 5.92 Å². The lowest BCUT2D eigenvalue weighted by atomic mass is 9.93. The summed E-state index contributed by atoms with van der Waals surface area (Å²) in [5.41, 5.74) is 8.20. The molecule has 6 nitrogen and oxygen atoms in total. The van der Waals surface area contributed by atoms with Gasteiger partial charge in [-0.05, 0) is 54.0 Å². The molecule has 194 valence electrons. The molecule has 0 aliphatic carbocycles. The lowest BCUT2D eigenvalue weighted by Gasteiger charge is -2.18. The van der Waals surface area contributed by atoms with Crippen molar-refractivity contribution < 1.29 is 4.42 Å². The van der Waals surface area contributed by atoms with Crippen molar-refractivity contribution in [1.29, 1.82) is 0 Å². The molecule has 0 spiro atoms. The number of nitrogens with zero attached hydrogens (tertiary/aromatic N) is 2. The van der Waals surface area contributed by atoms with Gasteiger partial charge in [0.1, 0.15) is 11.3 Å². The Morgan fingerprint density at radius 1 is 0.923 bits per heavy atom. The van der Waals surface area contributed by atoms with Crippen LogP contribution in [0.15, 0.2) is 74.8 Å². The first kappa shape index (κ1) is 24.7. The van der Waals surface area contributed by atoms with Crippen LogP contribution >= 0.6 is 0 Å². The summed E-state index contributed by atoms with van der Waals surface area (Å²) in [5, 5.41) is 4.23. The molecule has 39 heavy (non-hydrogen) atoms. The monoisotopic (exact) mass is 515 g/mol. The summed E-state index contributed by atoms with van der Waals surface area (Å²) in [6.45, 7) is 4.68. The van der Waals surface area contributed by atoms with Gasteiger partial charge in [0.2, 0.25) is 0 Å². The van der Waals surface area contributed by atoms with Gasteiger partial charge in [0.15, 0.2) is 5.58 Å². The van der Waals surface area contributed by atoms with E-state index in [2.05, 4.69) is 30.7 Å². The highest BCUT2D eigenvalue weighted by atomic mass is 16.3. The number of aromatic nitrogens is 2. The molecule has 0 fully saturated rings. The molecular formula is C33H29N3O3. The van der Waals surface area contributed by atoms with Gasteiger partial charge >= 0.3 is 0 Å². The van der Waals surface area contributed by atoms with Crippen LogP contribution in [-0.2, 0) is 6.54 Å². The van der Waals surface area contributed by atoms with Crippen LogP contribution in [0.2, 0.25) is 0 Å². The minimum atomic E-state index is -0.279. The molecule has 6 aromatic rings. The molecule has 0 aliphatic rings. The van der Waals surface area contributed by atoms with E-state index in [1.54, 1.807) is 24.4 Å². The van der Waals surface area contributed by atoms with Gasteiger partial charge in [0, 0.05) is 28.1 Å². The van der Waals surface area contributed by atoms with Gasteiger partial charge in [-0.25, -0.2) is 4.98 Å². The predicted molar refractivity (Wildman–Crippen MR) is 158 cm³/mol. The molecular weight excluding hydrogens is 486 g/mol. The maximum atomic E-state index is 14.0. The third-order valence-electron chi connectivity index (χ3n) is 7.67. The molecule has 1 unspecified atom stereocenters. The Morgan fingerprint density at radius 2 is 1.72 bits per heavy atom. The molecule has 1 atom stereocenters. The number of para-hydroxylation sites is 1. The van der Waals surface area contributed by atoms with Crippen molar-refractivity contribution in [2.75, 3.05) is 5.73 Å². The summed E-state index contributed by atoms with van der Waals surface area (Å²) >= 11 is 0. The number of unbranched alkanes of at least 4 members (excludes halogenated alkanes) is 1. The van der Waals surface area contributed by atoms with Crippen LogP contribution in [0.25, 0.3) is 43.5 Å². The molecule has 2 N–H and O–H groups in total. The summed E-state index contributed by atoms with van der Waals surface area (Å²) in [5.74, 6) is 6.55. The first-order chi connectivity index (χ1) is 19.0. The fraction of sp³-hybridized carbons (Fsp3) is 0.242. The topological polar surface area (TPSA) is 91.1 Å². The van der Waals surface area contributed by atoms with Crippen molar-refractivity contribution in [3.63, 3.8) is 0 Å². The number of fused-ring (bicyclic) bond motifs is 2. The Kier molecular flexibility index (Phi) is 6.28. The Morgan fingerprint density at radius 3 is 2.49 bits per heavy atom. The standard InChI is InChI=1S/C33H29N3O3/c1-3-5-8-20(4-2)19-36-32(37)26-16-15-25-24-9-6-7-10-28(24)39-31-21(11-13-23-14-12-22(34)18-35-23)17-27(33(36)38)29(26)30(25)31/h6-7,9-10,12,14-18,20H,3-5,8,19,34H2,1-2H3. The van der Waals surface area contributed by atoms with Crippen molar-refractivity contribution in [1.82, 2.24) is 9.55 Å². The average molecular weight is 516 g/mol. The van der Waals surface area contributed by atoms with Crippen molar-refractivity contribution in [3.05, 3.63) is 92.8 Å². The van der Waals surface area contributed by atoms with Crippen molar-refractivity contribution in [3.8, 4) is 11.8 Å². The van der Waals surface area contributed by atoms with Gasteiger partial charge in [-0.2, -0.15) is 0 Å². The van der Waals surface area contributed by atoms with E-state index >= 15 is 0 Å². The molecule has 0 amide bonds. The summed E-state index contributed by atoms with van der Waals surface area (Å²) in [6.07, 6.45) is 5.61. The van der Waals surface area contributed by atoms with Crippen molar-refractivity contribution >= 4 is 49.2 Å². The second kappa shape index (κ2) is 9.92. The molecule has 0 aliphatic heterocycles. The van der Waals surface area contributed by atoms with Crippen LogP contribution < -0.4 is 16.9 Å². The summed E-state index contributed by atoms with van der Waals surface area (Å²) in [4.78, 5) is 32.0. The average Bonchev–Trinajstić information content (AvgIpc) is 2.96. The molecule has 3 heterocycles. The van der Waals surface area contributed by atoms with E-state index in [9.17, 15) is 9.59 Å². The molecule has 0 radical (unpaired) electrons. The van der Waals surface area contributed by atoms with E-state index in [0.717, 1.165) is 41.8 Å². The second-order valence-corrected chi connectivity index (χ2v) is 10.2. The molecule has 3 aromatic carbocycles. The van der Waals surface area contributed by atoms with E-state index in [4.69, 9.17) is 10.2 Å². The van der Waals surface area contributed by atoms with E-state index in [1.165, 1.54) is 4.57 Å². The normalized spacial score (nSPS) is 12.4. The lowest BCUT2D eigenvalue weighted by molar-refractivity contribution is 0.382. The number of hydrogen-bond acceptors (Lipinski definition) is 5. The van der Waals surface area contributed by atoms with Crippen molar-refractivity contribution in [2.45, 2.75) is 46.1 Å². The highest BCUT2D eigenvalue weighted by molar-refractivity contribution is 6.27. The minimum absolute atomic E-state index is 0.247. The Hall–Kier alpha value is -4.63. The Bertz CT molecular complexity index is 2020.